The number of hydrogen-bond donors (Lipinski definition) is 3. The van der Waals surface area contributed by atoms with Gasteiger partial charge in [-0.2, -0.15) is 0 Å². The van der Waals surface area contributed by atoms with Crippen molar-refractivity contribution in [2.45, 2.75) is 0 Å². The van der Waals surface area contributed by atoms with Crippen molar-refractivity contribution < 1.29 is 19.4 Å². The van der Waals surface area contributed by atoms with Crippen LogP contribution in [0.2, 0.25) is 5.02 Å². The lowest BCUT2D eigenvalue weighted by Crippen LogP contribution is -2.16. The van der Waals surface area contributed by atoms with Crippen LogP contribution in [0.5, 0.6) is 5.75 Å². The van der Waals surface area contributed by atoms with Crippen LogP contribution in [0, 0.1) is 5.41 Å². The van der Waals surface area contributed by atoms with E-state index in [0.717, 1.165) is 0 Å². The van der Waals surface area contributed by atoms with Crippen LogP contribution in [0.4, 0.5) is 11.4 Å². The number of ether oxygens (including phenoxy) is 1. The van der Waals surface area contributed by atoms with Crippen molar-refractivity contribution in [1.29, 1.82) is 5.41 Å². The van der Waals surface area contributed by atoms with Crippen LogP contribution in [0.25, 0.3) is 0 Å². The van der Waals surface area contributed by atoms with Gasteiger partial charge in [-0.3, -0.25) is 10.2 Å². The highest BCUT2D eigenvalue weighted by atomic mass is 35.5. The van der Waals surface area contributed by atoms with Crippen LogP contribution in [0.3, 0.4) is 0 Å². The van der Waals surface area contributed by atoms with Gasteiger partial charge in [0.25, 0.3) is 5.91 Å². The van der Waals surface area contributed by atoms with Gasteiger partial charge in [-0.1, -0.05) is 23.7 Å². The lowest BCUT2D eigenvalue weighted by Gasteiger charge is -2.07. The summed E-state index contributed by atoms with van der Waals surface area (Å²) in [5, 5.41) is 26.5. The van der Waals surface area contributed by atoms with Crippen LogP contribution < -0.4 is 10.1 Å². The number of rotatable bonds is 6. The molecule has 0 aliphatic heterocycles. The van der Waals surface area contributed by atoms with Crippen LogP contribution in [-0.2, 0) is 4.79 Å². The Morgan fingerprint density at radius 2 is 2.00 bits per heavy atom. The molecule has 9 heteroatoms. The summed E-state index contributed by atoms with van der Waals surface area (Å²) in [6.45, 7) is 0. The first-order chi connectivity index (χ1) is 12.5. The van der Waals surface area contributed by atoms with E-state index in [9.17, 15) is 9.59 Å². The summed E-state index contributed by atoms with van der Waals surface area (Å²) in [7, 11) is 1.47. The van der Waals surface area contributed by atoms with Crippen LogP contribution in [0.15, 0.2) is 58.4 Å². The summed E-state index contributed by atoms with van der Waals surface area (Å²) >= 11 is 5.97. The van der Waals surface area contributed by atoms with Crippen molar-refractivity contribution in [3.63, 3.8) is 0 Å². The molecule has 3 N–H and O–H groups in total. The highest BCUT2D eigenvalue weighted by Crippen LogP contribution is 2.29. The van der Waals surface area contributed by atoms with Gasteiger partial charge >= 0.3 is 5.97 Å². The predicted octanol–water partition coefficient (Wildman–Crippen LogP) is 3.90. The highest BCUT2D eigenvalue weighted by Gasteiger charge is 2.15. The molecule has 0 saturated carbocycles. The van der Waals surface area contributed by atoms with E-state index in [4.69, 9.17) is 26.9 Å². The molecule has 0 bridgehead atoms. The molecule has 0 heterocycles. The first-order valence-corrected chi connectivity index (χ1v) is 7.52. The molecule has 132 valence electrons. The maximum absolute atomic E-state index is 12.2. The zero-order valence-corrected chi connectivity index (χ0v) is 14.2. The Balaban J connectivity index is 2.19. The molecule has 2 aromatic rings. The Bertz CT molecular complexity index is 936. The molecule has 0 aliphatic rings. The van der Waals surface area contributed by atoms with Gasteiger partial charge in [0.05, 0.1) is 29.1 Å². The van der Waals surface area contributed by atoms with Gasteiger partial charge in [-0.15, -0.1) is 10.2 Å². The van der Waals surface area contributed by atoms with E-state index in [2.05, 4.69) is 15.5 Å². The fourth-order valence-electron chi connectivity index (χ4n) is 1.91. The van der Waals surface area contributed by atoms with Crippen molar-refractivity contribution in [1.82, 2.24) is 0 Å². The maximum atomic E-state index is 12.2. The Morgan fingerprint density at radius 1 is 1.27 bits per heavy atom. The van der Waals surface area contributed by atoms with Crippen LogP contribution in [-0.4, -0.2) is 30.0 Å². The zero-order chi connectivity index (χ0) is 19.1. The van der Waals surface area contributed by atoms with E-state index >= 15 is 0 Å². The number of azo groups is 1. The molecular formula is C17H13ClN4O4. The van der Waals surface area contributed by atoms with E-state index in [1.165, 1.54) is 31.4 Å². The largest absolute Gasteiger partial charge is 0.495 e. The predicted molar refractivity (Wildman–Crippen MR) is 95.8 cm³/mol. The second kappa shape index (κ2) is 8.57. The van der Waals surface area contributed by atoms with Gasteiger partial charge in [0.15, 0.2) is 0 Å². The highest BCUT2D eigenvalue weighted by molar-refractivity contribution is 6.32. The lowest BCUT2D eigenvalue weighted by molar-refractivity contribution is -0.112. The van der Waals surface area contributed by atoms with Crippen LogP contribution in [0.1, 0.15) is 10.4 Å². The molecule has 0 saturated heterocycles. The summed E-state index contributed by atoms with van der Waals surface area (Å²) in [4.78, 5) is 23.3. The van der Waals surface area contributed by atoms with Gasteiger partial charge in [0.2, 0.25) is 5.70 Å². The number of nitrogens with zero attached hydrogens (tertiary/aromatic N) is 2. The van der Waals surface area contributed by atoms with E-state index in [-0.39, 0.29) is 11.3 Å². The standard InChI is InChI=1S/C17H13ClN4O4/c1-26-15-7-6-10(8-12(15)18)21-22-14(9-19)16(23)20-13-5-3-2-4-11(13)17(24)25/h2-8,19H,1H3,(H,20,23)(H,24,25). The molecule has 1 amide bonds. The minimum Gasteiger partial charge on any atom is -0.495 e. The summed E-state index contributed by atoms with van der Waals surface area (Å²) in [6.07, 6.45) is 0. The number of anilines is 1. The number of halogens is 1. The van der Waals surface area contributed by atoms with Gasteiger partial charge < -0.3 is 15.2 Å². The smallest absolute Gasteiger partial charge is 0.337 e. The quantitative estimate of drug-likeness (QED) is 0.404. The van der Waals surface area contributed by atoms with E-state index < -0.39 is 17.6 Å². The second-order valence-electron chi connectivity index (χ2n) is 4.80. The fraction of sp³-hybridized carbons (Fsp3) is 0.0588. The van der Waals surface area contributed by atoms with Crippen LogP contribution >= 0.6 is 11.6 Å². The molecule has 0 fully saturated rings. The third-order valence-corrected chi connectivity index (χ3v) is 3.44. The summed E-state index contributed by atoms with van der Waals surface area (Å²) in [5.41, 5.74) is -0.121. The average Bonchev–Trinajstić information content (AvgIpc) is 2.62. The number of methoxy groups -OCH3 is 1. The third-order valence-electron chi connectivity index (χ3n) is 3.14. The van der Waals surface area contributed by atoms with Crippen molar-refractivity contribution >= 4 is 40.7 Å². The van der Waals surface area contributed by atoms with E-state index in [1.54, 1.807) is 18.2 Å². The number of hydrogen-bond acceptors (Lipinski definition) is 6. The van der Waals surface area contributed by atoms with Gasteiger partial charge in [0, 0.05) is 5.87 Å². The summed E-state index contributed by atoms with van der Waals surface area (Å²) < 4.78 is 5.02. The number of benzene rings is 2. The van der Waals surface area contributed by atoms with Crippen molar-refractivity contribution in [2.24, 2.45) is 10.2 Å². The van der Waals surface area contributed by atoms with E-state index in [1.807, 2.05) is 5.87 Å². The molecular weight excluding hydrogens is 360 g/mol. The SMILES string of the molecule is COc1ccc(N=NC(=C=N)C(=O)Nc2ccccc2C(=O)O)cc1Cl. The normalized spacial score (nSPS) is 10.2. The Hall–Kier alpha value is -3.48. The van der Waals surface area contributed by atoms with Crippen molar-refractivity contribution in [3.05, 3.63) is 58.7 Å². The van der Waals surface area contributed by atoms with Gasteiger partial charge in [-0.25, -0.2) is 4.79 Å². The number of carbonyl (C=O) groups excluding carboxylic acids is 1. The molecule has 0 unspecified atom stereocenters. The maximum Gasteiger partial charge on any atom is 0.337 e. The number of carbonyl (C=O) groups is 2. The number of amides is 1. The molecule has 0 radical (unpaired) electrons. The molecule has 2 rings (SSSR count). The fourth-order valence-corrected chi connectivity index (χ4v) is 2.16. The monoisotopic (exact) mass is 372 g/mol. The lowest BCUT2D eigenvalue weighted by atomic mass is 10.2. The molecule has 8 nitrogen and oxygen atoms in total. The van der Waals surface area contributed by atoms with Gasteiger partial charge in [-0.05, 0) is 30.3 Å². The Kier molecular flexibility index (Phi) is 6.21. The molecule has 0 aromatic heterocycles. The second-order valence-corrected chi connectivity index (χ2v) is 5.20. The number of para-hydroxylation sites is 1. The summed E-state index contributed by atoms with van der Waals surface area (Å²) in [6, 6.07) is 10.5. The first-order valence-electron chi connectivity index (χ1n) is 7.15. The molecule has 0 spiro atoms. The number of aromatic carboxylic acids is 1. The van der Waals surface area contributed by atoms with Gasteiger partial charge in [0.1, 0.15) is 5.75 Å². The summed E-state index contributed by atoms with van der Waals surface area (Å²) in [5.74, 6) is 0.302. The first kappa shape index (κ1) is 18.9. The topological polar surface area (TPSA) is 124 Å². The number of carboxylic acid groups (broad SMARTS) is 1. The average molecular weight is 373 g/mol. The minimum absolute atomic E-state index is 0.0699. The van der Waals surface area contributed by atoms with Crippen molar-refractivity contribution in [2.75, 3.05) is 12.4 Å². The Morgan fingerprint density at radius 3 is 2.62 bits per heavy atom. The molecule has 0 atom stereocenters. The molecule has 0 aliphatic carbocycles. The zero-order valence-electron chi connectivity index (χ0n) is 13.5. The van der Waals surface area contributed by atoms with Crippen molar-refractivity contribution in [3.8, 4) is 5.75 Å². The minimum atomic E-state index is -1.20. The number of nitrogens with one attached hydrogen (secondary N) is 2. The Labute approximate surface area is 153 Å². The third kappa shape index (κ3) is 4.54. The molecule has 2 aromatic carbocycles. The number of carboxylic acids is 1. The van der Waals surface area contributed by atoms with E-state index in [0.29, 0.717) is 16.5 Å². The molecule has 26 heavy (non-hydrogen) atoms.